The number of carbonyl (C=O) groups is 1. The number of nitrogens with zero attached hydrogens (tertiary/aromatic N) is 4. The lowest BCUT2D eigenvalue weighted by Gasteiger charge is -2.35. The maximum absolute atomic E-state index is 13.7. The molecular formula is C32H40F3N7O2. The lowest BCUT2D eigenvalue weighted by molar-refractivity contribution is -0.138. The van der Waals surface area contributed by atoms with Crippen LogP contribution >= 0.6 is 0 Å². The lowest BCUT2D eigenvalue weighted by atomic mass is 10.0. The molecule has 0 bridgehead atoms. The summed E-state index contributed by atoms with van der Waals surface area (Å²) < 4.78 is 41.2. The molecule has 1 aromatic heterocycles. The van der Waals surface area contributed by atoms with E-state index in [-0.39, 0.29) is 0 Å². The highest BCUT2D eigenvalue weighted by Gasteiger charge is 2.36. The van der Waals surface area contributed by atoms with Crippen molar-refractivity contribution < 1.29 is 18.0 Å². The van der Waals surface area contributed by atoms with Crippen molar-refractivity contribution in [2.24, 2.45) is 5.73 Å². The van der Waals surface area contributed by atoms with Gasteiger partial charge in [0.2, 0.25) is 5.56 Å². The summed E-state index contributed by atoms with van der Waals surface area (Å²) in [5.74, 6) is -0.944. The van der Waals surface area contributed by atoms with E-state index in [1.165, 1.54) is 0 Å². The van der Waals surface area contributed by atoms with Crippen LogP contribution in [0.15, 0.2) is 59.5 Å². The molecule has 2 aliphatic heterocycles. The fraction of sp³-hybridized carbons (Fsp3) is 0.438. The van der Waals surface area contributed by atoms with Gasteiger partial charge in [0.05, 0.1) is 22.5 Å². The Bertz CT molecular complexity index is 1490. The van der Waals surface area contributed by atoms with Gasteiger partial charge >= 0.3 is 6.18 Å². The van der Waals surface area contributed by atoms with Gasteiger partial charge < -0.3 is 30.7 Å². The quantitative estimate of drug-likeness (QED) is 0.341. The molecule has 2 aromatic carbocycles. The van der Waals surface area contributed by atoms with Crippen LogP contribution in [0.25, 0.3) is 11.1 Å². The topological polar surface area (TPSA) is 101 Å². The first-order chi connectivity index (χ1) is 21.1. The summed E-state index contributed by atoms with van der Waals surface area (Å²) in [5, 5.41) is 2.74. The second kappa shape index (κ2) is 13.9. The molecule has 2 saturated heterocycles. The number of hydrogen-bond acceptors (Lipinski definition) is 7. The van der Waals surface area contributed by atoms with Crippen molar-refractivity contribution in [1.82, 2.24) is 19.7 Å². The minimum absolute atomic E-state index is 0.412. The van der Waals surface area contributed by atoms with Crippen LogP contribution in [-0.2, 0) is 12.7 Å². The SMILES string of the molecule is CN1CCN(c2ccc(-c3cccc(CN4CCN(CCCN)CC4)c3)cc2NC(=O)c2c[nH]c(=O)cc2C(F)(F)F)CC1. The van der Waals surface area contributed by atoms with Gasteiger partial charge in [-0.3, -0.25) is 14.5 Å². The minimum atomic E-state index is -4.86. The number of anilines is 2. The summed E-state index contributed by atoms with van der Waals surface area (Å²) in [4.78, 5) is 36.4. The average molecular weight is 612 g/mol. The van der Waals surface area contributed by atoms with Crippen LogP contribution in [0, 0.1) is 0 Å². The van der Waals surface area contributed by atoms with Gasteiger partial charge in [0.25, 0.3) is 5.91 Å². The zero-order valence-corrected chi connectivity index (χ0v) is 25.0. The van der Waals surface area contributed by atoms with Crippen molar-refractivity contribution >= 4 is 17.3 Å². The third-order valence-corrected chi connectivity index (χ3v) is 8.37. The van der Waals surface area contributed by atoms with Crippen LogP contribution in [-0.4, -0.2) is 98.1 Å². The number of piperazine rings is 2. The fourth-order valence-corrected chi connectivity index (χ4v) is 5.82. The number of aromatic nitrogens is 1. The van der Waals surface area contributed by atoms with Gasteiger partial charge in [-0.25, -0.2) is 0 Å². The van der Waals surface area contributed by atoms with Gasteiger partial charge in [0.1, 0.15) is 0 Å². The summed E-state index contributed by atoms with van der Waals surface area (Å²) >= 11 is 0. The Kier molecular flexibility index (Phi) is 10.0. The number of benzene rings is 2. The van der Waals surface area contributed by atoms with E-state index in [1.54, 1.807) is 0 Å². The summed E-state index contributed by atoms with van der Waals surface area (Å²) in [6.45, 7) is 9.59. The molecule has 0 spiro atoms. The Morgan fingerprint density at radius 1 is 0.932 bits per heavy atom. The second-order valence-electron chi connectivity index (χ2n) is 11.6. The average Bonchev–Trinajstić information content (AvgIpc) is 3.01. The van der Waals surface area contributed by atoms with Crippen LogP contribution in [0.1, 0.15) is 27.9 Å². The number of amides is 1. The largest absolute Gasteiger partial charge is 0.417 e. The van der Waals surface area contributed by atoms with Crippen molar-refractivity contribution in [3.05, 3.63) is 81.8 Å². The first kappa shape index (κ1) is 31.7. The van der Waals surface area contributed by atoms with Gasteiger partial charge in [-0.15, -0.1) is 0 Å². The predicted octanol–water partition coefficient (Wildman–Crippen LogP) is 3.53. The van der Waals surface area contributed by atoms with E-state index >= 15 is 0 Å². The number of likely N-dealkylation sites (N-methyl/N-ethyl adjacent to an activating group) is 1. The number of rotatable bonds is 9. The first-order valence-electron chi connectivity index (χ1n) is 15.0. The number of carbonyl (C=O) groups excluding carboxylic acids is 1. The predicted molar refractivity (Wildman–Crippen MR) is 167 cm³/mol. The fourth-order valence-electron chi connectivity index (χ4n) is 5.82. The van der Waals surface area contributed by atoms with Gasteiger partial charge in [-0.2, -0.15) is 13.2 Å². The molecule has 3 heterocycles. The molecule has 2 aliphatic rings. The monoisotopic (exact) mass is 611 g/mol. The lowest BCUT2D eigenvalue weighted by Crippen LogP contribution is -2.46. The molecule has 0 aliphatic carbocycles. The molecule has 3 aromatic rings. The van der Waals surface area contributed by atoms with Gasteiger partial charge in [0, 0.05) is 71.2 Å². The Morgan fingerprint density at radius 2 is 1.64 bits per heavy atom. The normalized spacial score (nSPS) is 17.2. The highest BCUT2D eigenvalue weighted by molar-refractivity contribution is 6.07. The van der Waals surface area contributed by atoms with Crippen LogP contribution in [0.4, 0.5) is 24.5 Å². The molecule has 9 nitrogen and oxygen atoms in total. The molecule has 12 heteroatoms. The Balaban J connectivity index is 1.40. The summed E-state index contributed by atoms with van der Waals surface area (Å²) in [6, 6.07) is 14.4. The minimum Gasteiger partial charge on any atom is -0.367 e. The number of aromatic amines is 1. The molecule has 4 N–H and O–H groups in total. The molecule has 0 atom stereocenters. The van der Waals surface area contributed by atoms with Crippen LogP contribution in [0.3, 0.4) is 0 Å². The molecule has 2 fully saturated rings. The van der Waals surface area contributed by atoms with Crippen molar-refractivity contribution in [2.45, 2.75) is 19.1 Å². The first-order valence-corrected chi connectivity index (χ1v) is 15.0. The molecule has 1 amide bonds. The van der Waals surface area contributed by atoms with E-state index in [0.717, 1.165) is 87.4 Å². The molecule has 0 radical (unpaired) electrons. The second-order valence-corrected chi connectivity index (χ2v) is 11.6. The van der Waals surface area contributed by atoms with E-state index in [2.05, 4.69) is 42.0 Å². The third kappa shape index (κ3) is 7.86. The van der Waals surface area contributed by atoms with E-state index in [1.807, 2.05) is 37.4 Å². The van der Waals surface area contributed by atoms with Gasteiger partial charge in [-0.05, 0) is 61.4 Å². The zero-order valence-electron chi connectivity index (χ0n) is 25.0. The standard InChI is InChI=1S/C32H40F3N7O2/c1-39-10-16-42(17-11-39)29-7-6-25(19-28(29)38-31(44)26-21-37-30(43)20-27(26)32(33,34)35)24-5-2-4-23(18-24)22-41-14-12-40(13-15-41)9-3-8-36/h2,4-7,18-21H,3,8-17,22,36H2,1H3,(H,37,43)(H,38,44). The van der Waals surface area contributed by atoms with E-state index in [0.29, 0.717) is 31.4 Å². The molecule has 44 heavy (non-hydrogen) atoms. The molecule has 236 valence electrons. The Labute approximate surface area is 255 Å². The molecule has 0 unspecified atom stereocenters. The van der Waals surface area contributed by atoms with Crippen LogP contribution < -0.4 is 21.5 Å². The van der Waals surface area contributed by atoms with Gasteiger partial charge in [0.15, 0.2) is 0 Å². The number of H-pyrrole nitrogens is 1. The van der Waals surface area contributed by atoms with Crippen molar-refractivity contribution in [3.63, 3.8) is 0 Å². The van der Waals surface area contributed by atoms with Crippen molar-refractivity contribution in [1.29, 1.82) is 0 Å². The maximum Gasteiger partial charge on any atom is 0.417 e. The number of halogens is 3. The number of nitrogens with two attached hydrogens (primary N) is 1. The Hall–Kier alpha value is -3.71. The highest BCUT2D eigenvalue weighted by atomic mass is 19.4. The molecule has 0 saturated carbocycles. The Morgan fingerprint density at radius 3 is 2.34 bits per heavy atom. The number of hydrogen-bond donors (Lipinski definition) is 3. The highest BCUT2D eigenvalue weighted by Crippen LogP contribution is 2.35. The third-order valence-electron chi connectivity index (χ3n) is 8.37. The number of pyridine rings is 1. The molecular weight excluding hydrogens is 571 g/mol. The van der Waals surface area contributed by atoms with E-state index < -0.39 is 28.8 Å². The summed E-state index contributed by atoms with van der Waals surface area (Å²) in [6.07, 6.45) is -3.03. The summed E-state index contributed by atoms with van der Waals surface area (Å²) in [7, 11) is 2.03. The molecule has 5 rings (SSSR count). The van der Waals surface area contributed by atoms with E-state index in [4.69, 9.17) is 5.73 Å². The van der Waals surface area contributed by atoms with Crippen LogP contribution in [0.5, 0.6) is 0 Å². The van der Waals surface area contributed by atoms with E-state index in [9.17, 15) is 22.8 Å². The number of alkyl halides is 3. The van der Waals surface area contributed by atoms with Crippen molar-refractivity contribution in [2.75, 3.05) is 82.7 Å². The smallest absolute Gasteiger partial charge is 0.367 e. The van der Waals surface area contributed by atoms with Crippen molar-refractivity contribution in [3.8, 4) is 11.1 Å². The number of nitrogens with one attached hydrogen (secondary N) is 2. The van der Waals surface area contributed by atoms with Gasteiger partial charge in [-0.1, -0.05) is 24.3 Å². The van der Waals surface area contributed by atoms with Crippen LogP contribution in [0.2, 0.25) is 0 Å². The summed E-state index contributed by atoms with van der Waals surface area (Å²) in [5.41, 5.74) is 6.91. The zero-order chi connectivity index (χ0) is 31.3. The maximum atomic E-state index is 13.7.